The number of benzene rings is 1. The maximum Gasteiger partial charge on any atom is 0.0535 e. The van der Waals surface area contributed by atoms with Gasteiger partial charge in [0.1, 0.15) is 0 Å². The normalized spacial score (nSPS) is 25.8. The van der Waals surface area contributed by atoms with Gasteiger partial charge < -0.3 is 10.4 Å². The topological polar surface area (TPSA) is 32.3 Å². The number of rotatable bonds is 2. The standard InChI is InChI=1S/C11H12Cl2NO/c12-9-2-1-3-10(13)11(9)8-5-14-4-7(8)6-15/h1-2,7-8,14-15H,4-6H2/t7-,8-/m0/s1. The summed E-state index contributed by atoms with van der Waals surface area (Å²) < 4.78 is 0. The molecule has 0 bridgehead atoms. The largest absolute Gasteiger partial charge is 0.396 e. The van der Waals surface area contributed by atoms with Crippen LogP contribution in [0.4, 0.5) is 0 Å². The average molecular weight is 245 g/mol. The van der Waals surface area contributed by atoms with Gasteiger partial charge in [-0.25, -0.2) is 0 Å². The van der Waals surface area contributed by atoms with E-state index in [9.17, 15) is 5.11 Å². The monoisotopic (exact) mass is 244 g/mol. The molecule has 0 unspecified atom stereocenters. The Bertz CT molecular complexity index is 336. The van der Waals surface area contributed by atoms with E-state index in [1.807, 2.05) is 0 Å². The summed E-state index contributed by atoms with van der Waals surface area (Å²) in [4.78, 5) is 0. The second kappa shape index (κ2) is 4.71. The van der Waals surface area contributed by atoms with E-state index in [2.05, 4.69) is 11.4 Å². The lowest BCUT2D eigenvalue weighted by Gasteiger charge is -2.18. The zero-order chi connectivity index (χ0) is 10.8. The number of hydrogen-bond donors (Lipinski definition) is 2. The molecule has 0 spiro atoms. The van der Waals surface area contributed by atoms with E-state index in [4.69, 9.17) is 23.2 Å². The Kier molecular flexibility index (Phi) is 3.52. The summed E-state index contributed by atoms with van der Waals surface area (Å²) in [5.74, 6) is 0.378. The predicted molar refractivity (Wildman–Crippen MR) is 61.5 cm³/mol. The molecule has 0 aromatic heterocycles. The van der Waals surface area contributed by atoms with Crippen molar-refractivity contribution in [1.29, 1.82) is 0 Å². The quantitative estimate of drug-likeness (QED) is 0.836. The average Bonchev–Trinajstić information content (AvgIpc) is 2.65. The Labute approximate surface area is 99.2 Å². The minimum absolute atomic E-state index is 0.152. The van der Waals surface area contributed by atoms with Gasteiger partial charge in [0.15, 0.2) is 0 Å². The van der Waals surface area contributed by atoms with Crippen molar-refractivity contribution < 1.29 is 5.11 Å². The maximum absolute atomic E-state index is 9.24. The third-order valence-electron chi connectivity index (χ3n) is 2.88. The van der Waals surface area contributed by atoms with E-state index >= 15 is 0 Å². The van der Waals surface area contributed by atoms with Crippen LogP contribution in [0.25, 0.3) is 0 Å². The van der Waals surface area contributed by atoms with Crippen LogP contribution in [0, 0.1) is 12.0 Å². The first-order valence-corrected chi connectivity index (χ1v) is 5.66. The summed E-state index contributed by atoms with van der Waals surface area (Å²) in [7, 11) is 0. The van der Waals surface area contributed by atoms with Crippen LogP contribution >= 0.6 is 23.2 Å². The number of hydrogen-bond acceptors (Lipinski definition) is 2. The molecule has 1 radical (unpaired) electrons. The molecule has 1 aromatic carbocycles. The lowest BCUT2D eigenvalue weighted by Crippen LogP contribution is -2.15. The Morgan fingerprint density at radius 2 is 2.27 bits per heavy atom. The zero-order valence-corrected chi connectivity index (χ0v) is 9.65. The Morgan fingerprint density at radius 1 is 1.47 bits per heavy atom. The Balaban J connectivity index is 2.36. The van der Waals surface area contributed by atoms with Crippen molar-refractivity contribution in [2.24, 2.45) is 5.92 Å². The molecule has 1 aliphatic rings. The summed E-state index contributed by atoms with van der Waals surface area (Å²) in [5.41, 5.74) is 0.907. The van der Waals surface area contributed by atoms with Gasteiger partial charge in [-0.05, 0) is 11.6 Å². The van der Waals surface area contributed by atoms with Gasteiger partial charge in [-0.2, -0.15) is 0 Å². The smallest absolute Gasteiger partial charge is 0.0535 e. The first-order valence-electron chi connectivity index (χ1n) is 4.91. The van der Waals surface area contributed by atoms with Crippen molar-refractivity contribution in [2.45, 2.75) is 5.92 Å². The van der Waals surface area contributed by atoms with Crippen LogP contribution in [0.1, 0.15) is 11.5 Å². The first kappa shape index (κ1) is 11.2. The number of aliphatic hydroxyl groups excluding tert-OH is 1. The molecular weight excluding hydrogens is 233 g/mol. The SMILES string of the molecule is OC[C@@H]1CNC[C@@H]1c1c(Cl)[c]ccc1Cl. The van der Waals surface area contributed by atoms with Crippen molar-refractivity contribution in [3.63, 3.8) is 0 Å². The fourth-order valence-electron chi connectivity index (χ4n) is 2.06. The van der Waals surface area contributed by atoms with Crippen LogP contribution in [0.5, 0.6) is 0 Å². The van der Waals surface area contributed by atoms with E-state index in [-0.39, 0.29) is 18.4 Å². The first-order chi connectivity index (χ1) is 7.24. The van der Waals surface area contributed by atoms with Gasteiger partial charge in [-0.15, -0.1) is 0 Å². The Morgan fingerprint density at radius 3 is 2.93 bits per heavy atom. The predicted octanol–water partition coefficient (Wildman–Crippen LogP) is 2.09. The molecule has 1 saturated heterocycles. The molecule has 1 aromatic rings. The highest BCUT2D eigenvalue weighted by atomic mass is 35.5. The van der Waals surface area contributed by atoms with Gasteiger partial charge >= 0.3 is 0 Å². The molecule has 2 N–H and O–H groups in total. The van der Waals surface area contributed by atoms with Gasteiger partial charge in [0, 0.05) is 42.6 Å². The van der Waals surface area contributed by atoms with E-state index in [0.29, 0.717) is 10.0 Å². The number of aliphatic hydroxyl groups is 1. The number of nitrogens with one attached hydrogen (secondary N) is 1. The highest BCUT2D eigenvalue weighted by Crippen LogP contribution is 2.37. The van der Waals surface area contributed by atoms with Crippen molar-refractivity contribution in [1.82, 2.24) is 5.32 Å². The highest BCUT2D eigenvalue weighted by Gasteiger charge is 2.30. The van der Waals surface area contributed by atoms with E-state index in [1.165, 1.54) is 0 Å². The van der Waals surface area contributed by atoms with Gasteiger partial charge in [0.2, 0.25) is 0 Å². The van der Waals surface area contributed by atoms with E-state index < -0.39 is 0 Å². The van der Waals surface area contributed by atoms with Gasteiger partial charge in [0.05, 0.1) is 5.02 Å². The van der Waals surface area contributed by atoms with Gasteiger partial charge in [-0.3, -0.25) is 0 Å². The van der Waals surface area contributed by atoms with Crippen molar-refractivity contribution in [3.8, 4) is 0 Å². The minimum Gasteiger partial charge on any atom is -0.396 e. The Hall–Kier alpha value is -0.280. The molecule has 81 valence electrons. The molecule has 0 saturated carbocycles. The molecule has 15 heavy (non-hydrogen) atoms. The van der Waals surface area contributed by atoms with Gasteiger partial charge in [0.25, 0.3) is 0 Å². The second-order valence-electron chi connectivity index (χ2n) is 3.76. The van der Waals surface area contributed by atoms with Crippen LogP contribution in [0.3, 0.4) is 0 Å². The van der Waals surface area contributed by atoms with E-state index in [1.54, 1.807) is 12.1 Å². The lowest BCUT2D eigenvalue weighted by molar-refractivity contribution is 0.226. The molecule has 1 aliphatic heterocycles. The summed E-state index contributed by atoms with van der Waals surface area (Å²) in [6.45, 7) is 1.77. The van der Waals surface area contributed by atoms with Crippen LogP contribution in [-0.4, -0.2) is 24.8 Å². The van der Waals surface area contributed by atoms with Crippen LogP contribution in [0.2, 0.25) is 10.0 Å². The summed E-state index contributed by atoms with van der Waals surface area (Å²) in [6, 6.07) is 6.43. The second-order valence-corrected chi connectivity index (χ2v) is 4.55. The molecule has 0 aliphatic carbocycles. The van der Waals surface area contributed by atoms with Crippen LogP contribution in [-0.2, 0) is 0 Å². The van der Waals surface area contributed by atoms with Crippen molar-refractivity contribution in [2.75, 3.05) is 19.7 Å². The molecule has 2 atom stereocenters. The van der Waals surface area contributed by atoms with Crippen LogP contribution < -0.4 is 5.32 Å². The third kappa shape index (κ3) is 2.13. The van der Waals surface area contributed by atoms with Crippen LogP contribution in [0.15, 0.2) is 12.1 Å². The number of halogens is 2. The molecule has 2 nitrogen and oxygen atoms in total. The van der Waals surface area contributed by atoms with Crippen molar-refractivity contribution >= 4 is 23.2 Å². The molecule has 1 heterocycles. The van der Waals surface area contributed by atoms with Crippen molar-refractivity contribution in [3.05, 3.63) is 33.8 Å². The summed E-state index contributed by atoms with van der Waals surface area (Å²) in [5, 5.41) is 13.7. The fraction of sp³-hybridized carbons (Fsp3) is 0.455. The van der Waals surface area contributed by atoms with E-state index in [0.717, 1.165) is 18.7 Å². The molecular formula is C11H12Cl2NO. The lowest BCUT2D eigenvalue weighted by atomic mass is 9.89. The molecule has 1 fully saturated rings. The molecule has 2 rings (SSSR count). The third-order valence-corrected chi connectivity index (χ3v) is 3.52. The van der Waals surface area contributed by atoms with Gasteiger partial charge in [-0.1, -0.05) is 29.3 Å². The maximum atomic E-state index is 9.24. The summed E-state index contributed by atoms with van der Waals surface area (Å²) in [6.07, 6.45) is 0. The fourth-order valence-corrected chi connectivity index (χ4v) is 2.71. The zero-order valence-electron chi connectivity index (χ0n) is 8.13. The minimum atomic E-state index is 0.152. The highest BCUT2D eigenvalue weighted by molar-refractivity contribution is 6.36. The summed E-state index contributed by atoms with van der Waals surface area (Å²) >= 11 is 12.2. The molecule has 0 amide bonds. The molecule has 4 heteroatoms.